The number of aromatic nitrogens is 3. The quantitative estimate of drug-likeness (QED) is 0.804. The van der Waals surface area contributed by atoms with E-state index >= 15 is 0 Å². The first-order valence-electron chi connectivity index (χ1n) is 4.72. The summed E-state index contributed by atoms with van der Waals surface area (Å²) in [4.78, 5) is 12.5. The molecule has 0 fully saturated rings. The number of nitrogens with zero attached hydrogens (tertiary/aromatic N) is 3. The van der Waals surface area contributed by atoms with E-state index in [-0.39, 0.29) is 0 Å². The lowest BCUT2D eigenvalue weighted by Crippen LogP contribution is -1.96. The highest BCUT2D eigenvalue weighted by Crippen LogP contribution is 2.17. The Bertz CT molecular complexity index is 468. The Kier molecular flexibility index (Phi) is 2.58. The van der Waals surface area contributed by atoms with Crippen molar-refractivity contribution < 1.29 is 0 Å². The molecule has 0 aliphatic heterocycles. The van der Waals surface area contributed by atoms with Gasteiger partial charge in [0.15, 0.2) is 0 Å². The van der Waals surface area contributed by atoms with Crippen molar-refractivity contribution in [2.24, 2.45) is 0 Å². The Morgan fingerprint density at radius 1 is 1.27 bits per heavy atom. The van der Waals surface area contributed by atoms with Gasteiger partial charge in [-0.25, -0.2) is 9.97 Å². The summed E-state index contributed by atoms with van der Waals surface area (Å²) >= 11 is 0. The number of aryl methyl sites for hydroxylation is 1. The van der Waals surface area contributed by atoms with Gasteiger partial charge in [-0.05, 0) is 24.6 Å². The van der Waals surface area contributed by atoms with Crippen LogP contribution >= 0.6 is 0 Å². The van der Waals surface area contributed by atoms with Crippen LogP contribution in [0.5, 0.6) is 0 Å². The van der Waals surface area contributed by atoms with Gasteiger partial charge in [-0.3, -0.25) is 4.98 Å². The van der Waals surface area contributed by atoms with Crippen LogP contribution in [0, 0.1) is 6.92 Å². The molecule has 0 aliphatic rings. The smallest absolute Gasteiger partial charge is 0.222 e. The van der Waals surface area contributed by atoms with Crippen molar-refractivity contribution in [3.63, 3.8) is 0 Å². The topological polar surface area (TPSA) is 50.7 Å². The Balaban J connectivity index is 2.44. The van der Waals surface area contributed by atoms with E-state index in [1.54, 1.807) is 19.4 Å². The van der Waals surface area contributed by atoms with E-state index in [1.165, 1.54) is 0 Å². The average Bonchev–Trinajstić information content (AvgIpc) is 2.29. The monoisotopic (exact) mass is 200 g/mol. The van der Waals surface area contributed by atoms with Crippen LogP contribution in [0.1, 0.15) is 5.56 Å². The summed E-state index contributed by atoms with van der Waals surface area (Å²) in [6.07, 6.45) is 5.36. The highest BCUT2D eigenvalue weighted by Gasteiger charge is 2.01. The van der Waals surface area contributed by atoms with Crippen molar-refractivity contribution in [2.75, 3.05) is 12.4 Å². The number of rotatable bonds is 2. The molecule has 0 bridgehead atoms. The molecular formula is C11H12N4. The van der Waals surface area contributed by atoms with Crippen molar-refractivity contribution in [2.45, 2.75) is 6.92 Å². The van der Waals surface area contributed by atoms with Crippen molar-refractivity contribution in [3.8, 4) is 11.3 Å². The summed E-state index contributed by atoms with van der Waals surface area (Å²) in [6, 6.07) is 3.92. The van der Waals surface area contributed by atoms with Gasteiger partial charge >= 0.3 is 0 Å². The van der Waals surface area contributed by atoms with Crippen molar-refractivity contribution in [1.29, 1.82) is 0 Å². The van der Waals surface area contributed by atoms with Crippen LogP contribution in [0.3, 0.4) is 0 Å². The van der Waals surface area contributed by atoms with E-state index in [0.717, 1.165) is 16.8 Å². The standard InChI is InChI=1S/C11H12N4/c1-8-5-9(7-13-6-8)10-3-4-14-11(12-2)15-10/h3-7H,1-2H3,(H,12,14,15). The Morgan fingerprint density at radius 3 is 2.87 bits per heavy atom. The summed E-state index contributed by atoms with van der Waals surface area (Å²) < 4.78 is 0. The first-order valence-corrected chi connectivity index (χ1v) is 4.72. The normalized spacial score (nSPS) is 10.0. The molecule has 0 saturated carbocycles. The molecule has 76 valence electrons. The van der Waals surface area contributed by atoms with Crippen LogP contribution in [-0.4, -0.2) is 22.0 Å². The van der Waals surface area contributed by atoms with Crippen molar-refractivity contribution >= 4 is 5.95 Å². The minimum Gasteiger partial charge on any atom is -0.357 e. The summed E-state index contributed by atoms with van der Waals surface area (Å²) in [7, 11) is 1.80. The first-order chi connectivity index (χ1) is 7.29. The lowest BCUT2D eigenvalue weighted by molar-refractivity contribution is 1.15. The molecule has 2 rings (SSSR count). The molecule has 2 aromatic heterocycles. The minimum absolute atomic E-state index is 0.619. The molecule has 0 unspecified atom stereocenters. The molecule has 0 saturated heterocycles. The second-order valence-electron chi connectivity index (χ2n) is 3.27. The largest absolute Gasteiger partial charge is 0.357 e. The fourth-order valence-electron chi connectivity index (χ4n) is 1.33. The Labute approximate surface area is 88.4 Å². The van der Waals surface area contributed by atoms with E-state index < -0.39 is 0 Å². The molecule has 0 aromatic carbocycles. The van der Waals surface area contributed by atoms with Crippen molar-refractivity contribution in [3.05, 3.63) is 36.3 Å². The third-order valence-corrected chi connectivity index (χ3v) is 2.05. The van der Waals surface area contributed by atoms with Gasteiger partial charge in [-0.1, -0.05) is 0 Å². The Hall–Kier alpha value is -1.97. The van der Waals surface area contributed by atoms with Crippen LogP contribution < -0.4 is 5.32 Å². The maximum atomic E-state index is 4.34. The molecule has 0 radical (unpaired) electrons. The van der Waals surface area contributed by atoms with Gasteiger partial charge in [0.1, 0.15) is 0 Å². The second-order valence-corrected chi connectivity index (χ2v) is 3.27. The van der Waals surface area contributed by atoms with E-state index in [2.05, 4.69) is 26.3 Å². The van der Waals surface area contributed by atoms with Gasteiger partial charge in [0.05, 0.1) is 5.69 Å². The molecule has 15 heavy (non-hydrogen) atoms. The molecule has 2 aromatic rings. The summed E-state index contributed by atoms with van der Waals surface area (Å²) in [5, 5.41) is 2.91. The van der Waals surface area contributed by atoms with Gasteiger partial charge in [-0.2, -0.15) is 0 Å². The van der Waals surface area contributed by atoms with E-state index in [1.807, 2.05) is 19.2 Å². The number of pyridine rings is 1. The van der Waals surface area contributed by atoms with Gasteiger partial charge in [0.25, 0.3) is 0 Å². The molecule has 4 heteroatoms. The van der Waals surface area contributed by atoms with Crippen LogP contribution in [0.25, 0.3) is 11.3 Å². The van der Waals surface area contributed by atoms with Gasteiger partial charge in [-0.15, -0.1) is 0 Å². The maximum Gasteiger partial charge on any atom is 0.222 e. The van der Waals surface area contributed by atoms with Crippen LogP contribution in [0.2, 0.25) is 0 Å². The zero-order valence-electron chi connectivity index (χ0n) is 8.73. The van der Waals surface area contributed by atoms with E-state index in [4.69, 9.17) is 0 Å². The third kappa shape index (κ3) is 2.10. The van der Waals surface area contributed by atoms with Crippen molar-refractivity contribution in [1.82, 2.24) is 15.0 Å². The fourth-order valence-corrected chi connectivity index (χ4v) is 1.33. The summed E-state index contributed by atoms with van der Waals surface area (Å²) in [6.45, 7) is 2.01. The maximum absolute atomic E-state index is 4.34. The summed E-state index contributed by atoms with van der Waals surface area (Å²) in [5.41, 5.74) is 3.01. The number of nitrogens with one attached hydrogen (secondary N) is 1. The number of anilines is 1. The molecule has 0 spiro atoms. The van der Waals surface area contributed by atoms with Gasteiger partial charge < -0.3 is 5.32 Å². The predicted molar refractivity (Wildman–Crippen MR) is 59.5 cm³/mol. The first kappa shape index (κ1) is 9.58. The van der Waals surface area contributed by atoms with Gasteiger partial charge in [0, 0.05) is 31.2 Å². The highest BCUT2D eigenvalue weighted by atomic mass is 15.1. The zero-order chi connectivity index (χ0) is 10.7. The molecule has 1 N–H and O–H groups in total. The number of hydrogen-bond acceptors (Lipinski definition) is 4. The fraction of sp³-hybridized carbons (Fsp3) is 0.182. The Morgan fingerprint density at radius 2 is 2.13 bits per heavy atom. The van der Waals surface area contributed by atoms with E-state index in [9.17, 15) is 0 Å². The highest BCUT2D eigenvalue weighted by molar-refractivity contribution is 5.59. The second kappa shape index (κ2) is 4.04. The van der Waals surface area contributed by atoms with Crippen LogP contribution in [0.4, 0.5) is 5.95 Å². The molecule has 2 heterocycles. The van der Waals surface area contributed by atoms with Crippen LogP contribution in [0.15, 0.2) is 30.7 Å². The SMILES string of the molecule is CNc1nccc(-c2cncc(C)c2)n1. The lowest BCUT2D eigenvalue weighted by atomic mass is 10.1. The van der Waals surface area contributed by atoms with Crippen LogP contribution in [-0.2, 0) is 0 Å². The average molecular weight is 200 g/mol. The number of hydrogen-bond donors (Lipinski definition) is 1. The third-order valence-electron chi connectivity index (χ3n) is 2.05. The lowest BCUT2D eigenvalue weighted by Gasteiger charge is -2.03. The summed E-state index contributed by atoms with van der Waals surface area (Å²) in [5.74, 6) is 0.619. The predicted octanol–water partition coefficient (Wildman–Crippen LogP) is 1.89. The molecule has 0 atom stereocenters. The van der Waals surface area contributed by atoms with E-state index in [0.29, 0.717) is 5.95 Å². The molecule has 4 nitrogen and oxygen atoms in total. The van der Waals surface area contributed by atoms with Gasteiger partial charge in [0.2, 0.25) is 5.95 Å². The molecule has 0 amide bonds. The molecular weight excluding hydrogens is 188 g/mol. The zero-order valence-corrected chi connectivity index (χ0v) is 8.73. The minimum atomic E-state index is 0.619. The molecule has 0 aliphatic carbocycles.